The topological polar surface area (TPSA) is 29.3 Å². The Kier molecular flexibility index (Phi) is 3.75. The Morgan fingerprint density at radius 1 is 1.20 bits per heavy atom. The molecule has 0 heterocycles. The molecule has 0 amide bonds. The van der Waals surface area contributed by atoms with Crippen molar-refractivity contribution in [1.82, 2.24) is 4.90 Å². The van der Waals surface area contributed by atoms with Gasteiger partial charge < -0.3 is 5.73 Å². The first-order valence-electron chi connectivity index (χ1n) is 5.88. The van der Waals surface area contributed by atoms with E-state index in [0.29, 0.717) is 0 Å². The third-order valence-electron chi connectivity index (χ3n) is 3.24. The lowest BCUT2D eigenvalue weighted by Gasteiger charge is -2.37. The number of nitrogens with zero attached hydrogens (tertiary/aromatic N) is 1. The third-order valence-corrected chi connectivity index (χ3v) is 3.24. The highest BCUT2D eigenvalue weighted by molar-refractivity contribution is 5.14. The Morgan fingerprint density at radius 3 is 2.47 bits per heavy atom. The zero-order chi connectivity index (χ0) is 10.5. The number of benzene rings is 1. The first-order valence-corrected chi connectivity index (χ1v) is 5.88. The molecule has 0 aliphatic heterocycles. The summed E-state index contributed by atoms with van der Waals surface area (Å²) in [7, 11) is 0. The highest BCUT2D eigenvalue weighted by atomic mass is 15.2. The maximum absolute atomic E-state index is 5.66. The minimum atomic E-state index is 0.767. The molecule has 0 unspecified atom stereocenters. The van der Waals surface area contributed by atoms with E-state index in [-0.39, 0.29) is 0 Å². The fourth-order valence-corrected chi connectivity index (χ4v) is 2.13. The monoisotopic (exact) mass is 204 g/mol. The molecular weight excluding hydrogens is 184 g/mol. The predicted molar refractivity (Wildman–Crippen MR) is 63.5 cm³/mol. The van der Waals surface area contributed by atoms with E-state index >= 15 is 0 Å². The summed E-state index contributed by atoms with van der Waals surface area (Å²) in [6.45, 7) is 2.85. The van der Waals surface area contributed by atoms with Crippen molar-refractivity contribution in [2.75, 3.05) is 13.1 Å². The largest absolute Gasteiger partial charge is 0.329 e. The van der Waals surface area contributed by atoms with Gasteiger partial charge in [-0.15, -0.1) is 0 Å². The molecule has 1 aromatic carbocycles. The average molecular weight is 204 g/mol. The number of rotatable bonds is 5. The van der Waals surface area contributed by atoms with Crippen molar-refractivity contribution in [1.29, 1.82) is 0 Å². The fourth-order valence-electron chi connectivity index (χ4n) is 2.13. The van der Waals surface area contributed by atoms with Crippen molar-refractivity contribution < 1.29 is 0 Å². The molecule has 2 nitrogen and oxygen atoms in total. The van der Waals surface area contributed by atoms with Crippen LogP contribution in [0.5, 0.6) is 0 Å². The summed E-state index contributed by atoms with van der Waals surface area (Å²) in [6.07, 6.45) is 4.10. The Balaban J connectivity index is 1.93. The van der Waals surface area contributed by atoms with Crippen LogP contribution in [0.1, 0.15) is 24.8 Å². The molecule has 2 heteroatoms. The molecular formula is C13H20N2. The van der Waals surface area contributed by atoms with Crippen LogP contribution < -0.4 is 5.73 Å². The molecule has 1 fully saturated rings. The van der Waals surface area contributed by atoms with Gasteiger partial charge in [0.1, 0.15) is 0 Å². The summed E-state index contributed by atoms with van der Waals surface area (Å²) in [5, 5.41) is 0. The van der Waals surface area contributed by atoms with Gasteiger partial charge >= 0.3 is 0 Å². The van der Waals surface area contributed by atoms with E-state index < -0.39 is 0 Å². The van der Waals surface area contributed by atoms with Crippen LogP contribution >= 0.6 is 0 Å². The molecule has 1 aromatic rings. The molecule has 1 aliphatic rings. The van der Waals surface area contributed by atoms with Crippen molar-refractivity contribution in [2.24, 2.45) is 5.73 Å². The van der Waals surface area contributed by atoms with Gasteiger partial charge in [0.2, 0.25) is 0 Å². The van der Waals surface area contributed by atoms with Crippen molar-refractivity contribution in [3.8, 4) is 0 Å². The first-order chi connectivity index (χ1) is 7.40. The zero-order valence-electron chi connectivity index (χ0n) is 9.23. The quantitative estimate of drug-likeness (QED) is 0.795. The lowest BCUT2D eigenvalue weighted by Crippen LogP contribution is -2.42. The van der Waals surface area contributed by atoms with Crippen LogP contribution in [0.2, 0.25) is 0 Å². The molecule has 1 aliphatic carbocycles. The summed E-state index contributed by atoms with van der Waals surface area (Å²) < 4.78 is 0. The van der Waals surface area contributed by atoms with Gasteiger partial charge in [0.25, 0.3) is 0 Å². The SMILES string of the molecule is NCCN(Cc1ccccc1)C1CCC1. The Bertz CT molecular complexity index is 280. The van der Waals surface area contributed by atoms with Gasteiger partial charge in [-0.05, 0) is 18.4 Å². The van der Waals surface area contributed by atoms with E-state index in [0.717, 1.165) is 25.7 Å². The second kappa shape index (κ2) is 5.29. The molecule has 15 heavy (non-hydrogen) atoms. The van der Waals surface area contributed by atoms with E-state index in [1.165, 1.54) is 24.8 Å². The summed E-state index contributed by atoms with van der Waals surface area (Å²) >= 11 is 0. The lowest BCUT2D eigenvalue weighted by molar-refractivity contribution is 0.123. The summed E-state index contributed by atoms with van der Waals surface area (Å²) in [5.41, 5.74) is 7.06. The third kappa shape index (κ3) is 2.80. The molecule has 82 valence electrons. The Hall–Kier alpha value is -0.860. The van der Waals surface area contributed by atoms with Gasteiger partial charge in [-0.25, -0.2) is 0 Å². The van der Waals surface area contributed by atoms with Gasteiger partial charge in [0, 0.05) is 25.7 Å². The van der Waals surface area contributed by atoms with Gasteiger partial charge in [-0.2, -0.15) is 0 Å². The molecule has 0 bridgehead atoms. The Labute approximate surface area is 92.1 Å². The molecule has 0 spiro atoms. The predicted octanol–water partition coefficient (Wildman–Crippen LogP) is 2.00. The molecule has 2 rings (SSSR count). The van der Waals surface area contributed by atoms with Crippen LogP contribution in [0.25, 0.3) is 0 Å². The number of hydrogen-bond donors (Lipinski definition) is 1. The zero-order valence-corrected chi connectivity index (χ0v) is 9.23. The normalized spacial score (nSPS) is 16.7. The highest BCUT2D eigenvalue weighted by Gasteiger charge is 2.23. The van der Waals surface area contributed by atoms with Crippen LogP contribution in [0.15, 0.2) is 30.3 Å². The van der Waals surface area contributed by atoms with Crippen LogP contribution in [-0.4, -0.2) is 24.0 Å². The standard InChI is InChI=1S/C13H20N2/c14-9-10-15(13-7-4-8-13)11-12-5-2-1-3-6-12/h1-3,5-6,13H,4,7-11,14H2. The van der Waals surface area contributed by atoms with Crippen molar-refractivity contribution in [2.45, 2.75) is 31.8 Å². The minimum Gasteiger partial charge on any atom is -0.329 e. The summed E-state index contributed by atoms with van der Waals surface area (Å²) in [5.74, 6) is 0. The number of nitrogens with two attached hydrogens (primary N) is 1. The van der Waals surface area contributed by atoms with Gasteiger partial charge in [0.15, 0.2) is 0 Å². The molecule has 1 saturated carbocycles. The first kappa shape index (κ1) is 10.7. The lowest BCUT2D eigenvalue weighted by atomic mass is 9.91. The average Bonchev–Trinajstić information content (AvgIpc) is 2.17. The van der Waals surface area contributed by atoms with E-state index in [2.05, 4.69) is 35.2 Å². The maximum Gasteiger partial charge on any atom is 0.0237 e. The smallest absolute Gasteiger partial charge is 0.0237 e. The maximum atomic E-state index is 5.66. The minimum absolute atomic E-state index is 0.767. The van der Waals surface area contributed by atoms with Crippen LogP contribution in [0, 0.1) is 0 Å². The van der Waals surface area contributed by atoms with E-state index in [1.54, 1.807) is 0 Å². The molecule has 0 saturated heterocycles. The van der Waals surface area contributed by atoms with Crippen molar-refractivity contribution >= 4 is 0 Å². The van der Waals surface area contributed by atoms with Gasteiger partial charge in [-0.3, -0.25) is 4.90 Å². The molecule has 0 aromatic heterocycles. The summed E-state index contributed by atoms with van der Waals surface area (Å²) in [4.78, 5) is 2.53. The fraction of sp³-hybridized carbons (Fsp3) is 0.538. The molecule has 2 N–H and O–H groups in total. The summed E-state index contributed by atoms with van der Waals surface area (Å²) in [6, 6.07) is 11.5. The van der Waals surface area contributed by atoms with E-state index in [1.807, 2.05) is 0 Å². The Morgan fingerprint density at radius 2 is 1.93 bits per heavy atom. The second-order valence-electron chi connectivity index (χ2n) is 4.33. The van der Waals surface area contributed by atoms with Crippen molar-refractivity contribution in [3.63, 3.8) is 0 Å². The van der Waals surface area contributed by atoms with Crippen LogP contribution in [-0.2, 0) is 6.54 Å². The number of hydrogen-bond acceptors (Lipinski definition) is 2. The van der Waals surface area contributed by atoms with E-state index in [9.17, 15) is 0 Å². The highest BCUT2D eigenvalue weighted by Crippen LogP contribution is 2.25. The van der Waals surface area contributed by atoms with E-state index in [4.69, 9.17) is 5.73 Å². The van der Waals surface area contributed by atoms with Gasteiger partial charge in [0.05, 0.1) is 0 Å². The van der Waals surface area contributed by atoms with Crippen LogP contribution in [0.3, 0.4) is 0 Å². The molecule has 0 radical (unpaired) electrons. The second-order valence-corrected chi connectivity index (χ2v) is 4.33. The van der Waals surface area contributed by atoms with Crippen molar-refractivity contribution in [3.05, 3.63) is 35.9 Å². The van der Waals surface area contributed by atoms with Crippen LogP contribution in [0.4, 0.5) is 0 Å². The molecule has 0 atom stereocenters. The van der Waals surface area contributed by atoms with Gasteiger partial charge in [-0.1, -0.05) is 36.8 Å².